The van der Waals surface area contributed by atoms with Gasteiger partial charge in [-0.15, -0.1) is 0 Å². The number of hydrogen-bond donors (Lipinski definition) is 1. The summed E-state index contributed by atoms with van der Waals surface area (Å²) >= 11 is 5.96. The van der Waals surface area contributed by atoms with Gasteiger partial charge in [-0.3, -0.25) is 9.69 Å². The van der Waals surface area contributed by atoms with Gasteiger partial charge in [-0.2, -0.15) is 0 Å². The van der Waals surface area contributed by atoms with Crippen molar-refractivity contribution < 1.29 is 4.79 Å². The lowest BCUT2D eigenvalue weighted by Crippen LogP contribution is -2.55. The molecule has 5 nitrogen and oxygen atoms in total. The van der Waals surface area contributed by atoms with Gasteiger partial charge in [-0.1, -0.05) is 61.8 Å². The van der Waals surface area contributed by atoms with Crippen LogP contribution in [-0.4, -0.2) is 72.5 Å². The fourth-order valence-corrected chi connectivity index (χ4v) is 4.67. The van der Waals surface area contributed by atoms with E-state index in [1.807, 2.05) is 29.2 Å². The van der Waals surface area contributed by atoms with Crippen molar-refractivity contribution in [2.24, 2.45) is 5.73 Å². The number of carbonyl (C=O) groups is 1. The number of halogens is 1. The molecule has 2 aromatic rings. The molecule has 174 valence electrons. The van der Waals surface area contributed by atoms with Gasteiger partial charge in [0.1, 0.15) is 0 Å². The first-order valence-electron chi connectivity index (χ1n) is 11.7. The molecule has 3 rings (SSSR count). The van der Waals surface area contributed by atoms with Gasteiger partial charge in [0.2, 0.25) is 5.91 Å². The van der Waals surface area contributed by atoms with Gasteiger partial charge in [-0.25, -0.2) is 0 Å². The van der Waals surface area contributed by atoms with Crippen LogP contribution in [0.3, 0.4) is 0 Å². The zero-order valence-corrected chi connectivity index (χ0v) is 20.4. The van der Waals surface area contributed by atoms with E-state index in [0.717, 1.165) is 38.3 Å². The average molecular weight is 457 g/mol. The van der Waals surface area contributed by atoms with Crippen LogP contribution in [0.25, 0.3) is 0 Å². The monoisotopic (exact) mass is 456 g/mol. The third kappa shape index (κ3) is 6.32. The Morgan fingerprint density at radius 3 is 2.25 bits per heavy atom. The molecule has 0 radical (unpaired) electrons. The molecule has 0 aliphatic carbocycles. The van der Waals surface area contributed by atoms with Crippen LogP contribution >= 0.6 is 11.6 Å². The van der Waals surface area contributed by atoms with E-state index >= 15 is 0 Å². The fraction of sp³-hybridized carbons (Fsp3) is 0.500. The Bertz CT molecular complexity index is 860. The summed E-state index contributed by atoms with van der Waals surface area (Å²) in [6.07, 6.45) is 0.532. The maximum atomic E-state index is 13.0. The Kier molecular flexibility index (Phi) is 9.11. The number of carbonyl (C=O) groups excluding carboxylic acids is 1. The highest BCUT2D eigenvalue weighted by atomic mass is 35.5. The zero-order valence-electron chi connectivity index (χ0n) is 19.6. The van der Waals surface area contributed by atoms with E-state index < -0.39 is 6.04 Å². The van der Waals surface area contributed by atoms with Crippen LogP contribution < -0.4 is 5.73 Å². The molecule has 1 fully saturated rings. The third-order valence-electron chi connectivity index (χ3n) is 6.63. The van der Waals surface area contributed by atoms with Gasteiger partial charge in [-0.05, 0) is 55.3 Å². The van der Waals surface area contributed by atoms with Crippen LogP contribution in [-0.2, 0) is 11.2 Å². The largest absolute Gasteiger partial charge is 0.339 e. The van der Waals surface area contributed by atoms with Crippen molar-refractivity contribution in [3.63, 3.8) is 0 Å². The van der Waals surface area contributed by atoms with Gasteiger partial charge in [0.05, 0.1) is 6.04 Å². The van der Waals surface area contributed by atoms with Crippen LogP contribution in [0.2, 0.25) is 5.02 Å². The first-order chi connectivity index (χ1) is 15.4. The van der Waals surface area contributed by atoms with Crippen molar-refractivity contribution in [3.05, 3.63) is 70.2 Å². The van der Waals surface area contributed by atoms with Crippen LogP contribution in [0.4, 0.5) is 0 Å². The highest BCUT2D eigenvalue weighted by Gasteiger charge is 2.30. The Hall–Kier alpha value is -1.92. The maximum absolute atomic E-state index is 13.0. The predicted molar refractivity (Wildman–Crippen MR) is 133 cm³/mol. The van der Waals surface area contributed by atoms with Gasteiger partial charge < -0.3 is 15.5 Å². The molecule has 1 amide bonds. The van der Waals surface area contributed by atoms with Crippen molar-refractivity contribution in [2.45, 2.75) is 39.3 Å². The summed E-state index contributed by atoms with van der Waals surface area (Å²) in [5, 5.41) is 0.692. The quantitative estimate of drug-likeness (QED) is 0.624. The van der Waals surface area contributed by atoms with Gasteiger partial charge in [0.25, 0.3) is 0 Å². The lowest BCUT2D eigenvalue weighted by molar-refractivity contribution is -0.134. The number of nitrogens with two attached hydrogens (primary N) is 1. The molecule has 6 heteroatoms. The molecule has 1 saturated heterocycles. The van der Waals surface area contributed by atoms with E-state index in [1.54, 1.807) is 0 Å². The number of nitrogens with zero attached hydrogens (tertiary/aromatic N) is 3. The summed E-state index contributed by atoms with van der Waals surface area (Å²) in [6, 6.07) is 16.0. The molecule has 2 atom stereocenters. The second-order valence-electron chi connectivity index (χ2n) is 8.66. The second-order valence-corrected chi connectivity index (χ2v) is 9.09. The molecular formula is C26H37ClN4O. The van der Waals surface area contributed by atoms with Crippen molar-refractivity contribution in [1.82, 2.24) is 14.7 Å². The van der Waals surface area contributed by atoms with Crippen LogP contribution in [0, 0.1) is 6.92 Å². The molecule has 0 saturated carbocycles. The van der Waals surface area contributed by atoms with Gasteiger partial charge in [0, 0.05) is 43.8 Å². The van der Waals surface area contributed by atoms with E-state index in [1.165, 1.54) is 11.1 Å². The minimum atomic E-state index is -0.523. The maximum Gasteiger partial charge on any atom is 0.239 e. The number of aryl methyl sites for hydroxylation is 1. The first-order valence-corrected chi connectivity index (χ1v) is 12.1. The van der Waals surface area contributed by atoms with Crippen molar-refractivity contribution in [3.8, 4) is 0 Å². The highest BCUT2D eigenvalue weighted by Crippen LogP contribution is 2.26. The second kappa shape index (κ2) is 11.8. The van der Waals surface area contributed by atoms with E-state index in [0.29, 0.717) is 30.6 Å². The van der Waals surface area contributed by atoms with E-state index in [-0.39, 0.29) is 5.91 Å². The average Bonchev–Trinajstić information content (AvgIpc) is 2.82. The number of rotatable bonds is 9. The van der Waals surface area contributed by atoms with Crippen molar-refractivity contribution in [1.29, 1.82) is 0 Å². The summed E-state index contributed by atoms with van der Waals surface area (Å²) in [6.45, 7) is 12.9. The molecule has 1 aliphatic rings. The van der Waals surface area contributed by atoms with Crippen LogP contribution in [0.15, 0.2) is 48.5 Å². The van der Waals surface area contributed by atoms with E-state index in [2.05, 4.69) is 54.8 Å². The van der Waals surface area contributed by atoms with E-state index in [4.69, 9.17) is 17.3 Å². The molecule has 1 heterocycles. The Morgan fingerprint density at radius 2 is 1.66 bits per heavy atom. The van der Waals surface area contributed by atoms with Gasteiger partial charge >= 0.3 is 0 Å². The highest BCUT2D eigenvalue weighted by molar-refractivity contribution is 6.30. The fourth-order valence-electron chi connectivity index (χ4n) is 4.55. The summed E-state index contributed by atoms with van der Waals surface area (Å²) in [5.41, 5.74) is 10.0. The molecule has 2 unspecified atom stereocenters. The molecule has 2 aromatic carbocycles. The summed E-state index contributed by atoms with van der Waals surface area (Å²) in [4.78, 5) is 19.9. The normalized spacial score (nSPS) is 16.9. The Labute approximate surface area is 198 Å². The number of likely N-dealkylation sites (N-methyl/N-ethyl adjacent to an activating group) is 1. The van der Waals surface area contributed by atoms with Crippen LogP contribution in [0.5, 0.6) is 0 Å². The SMILES string of the molecule is CCN(CC)CC(c1ccccc1C)N1CCN(C(=O)C(N)Cc2ccc(Cl)cc2)CC1. The summed E-state index contributed by atoms with van der Waals surface area (Å²) < 4.78 is 0. The molecule has 0 bridgehead atoms. The molecule has 32 heavy (non-hydrogen) atoms. The number of benzene rings is 2. The summed E-state index contributed by atoms with van der Waals surface area (Å²) in [5.74, 6) is 0.0378. The smallest absolute Gasteiger partial charge is 0.239 e. The topological polar surface area (TPSA) is 52.8 Å². The molecule has 0 aromatic heterocycles. The lowest BCUT2D eigenvalue weighted by Gasteiger charge is -2.42. The number of piperazine rings is 1. The molecule has 2 N–H and O–H groups in total. The van der Waals surface area contributed by atoms with E-state index in [9.17, 15) is 4.79 Å². The standard InChI is InChI=1S/C26H37ClN4O/c1-4-29(5-2)19-25(23-9-7-6-8-20(23)3)30-14-16-31(17-15-30)26(32)24(28)18-21-10-12-22(27)13-11-21/h6-13,24-25H,4-5,14-19,28H2,1-3H3. The summed E-state index contributed by atoms with van der Waals surface area (Å²) in [7, 11) is 0. The number of amides is 1. The minimum absolute atomic E-state index is 0.0378. The van der Waals surface area contributed by atoms with Gasteiger partial charge in [0.15, 0.2) is 0 Å². The molecule has 1 aliphatic heterocycles. The van der Waals surface area contributed by atoms with Crippen molar-refractivity contribution >= 4 is 17.5 Å². The molecular weight excluding hydrogens is 420 g/mol. The first kappa shape index (κ1) is 24.7. The zero-order chi connectivity index (χ0) is 23.1. The van der Waals surface area contributed by atoms with Crippen LogP contribution in [0.1, 0.15) is 36.6 Å². The number of hydrogen-bond acceptors (Lipinski definition) is 4. The predicted octanol–water partition coefficient (Wildman–Crippen LogP) is 3.75. The Morgan fingerprint density at radius 1 is 1.03 bits per heavy atom. The Balaban J connectivity index is 1.64. The van der Waals surface area contributed by atoms with Crippen molar-refractivity contribution in [2.75, 3.05) is 45.8 Å². The minimum Gasteiger partial charge on any atom is -0.339 e. The third-order valence-corrected chi connectivity index (χ3v) is 6.88. The molecule has 0 spiro atoms. The lowest BCUT2D eigenvalue weighted by atomic mass is 9.98.